The maximum atomic E-state index is 11.1. The van der Waals surface area contributed by atoms with E-state index >= 15 is 0 Å². The minimum Gasteiger partial charge on any atom is -0.309 e. The normalized spacial score (nSPS) is 13.5. The number of pyridine rings is 1. The average Bonchev–Trinajstić information content (AvgIpc) is 2.27. The highest BCUT2D eigenvalue weighted by molar-refractivity contribution is 7.90. The molecule has 1 heterocycles. The summed E-state index contributed by atoms with van der Waals surface area (Å²) in [6.07, 6.45) is 4.26. The second-order valence-electron chi connectivity index (χ2n) is 4.25. The molecule has 6 heteroatoms. The van der Waals surface area contributed by atoms with Crippen LogP contribution in [0.3, 0.4) is 0 Å². The number of aromatic nitrogens is 1. The molecule has 1 rings (SSSR count). The van der Waals surface area contributed by atoms with Crippen molar-refractivity contribution < 1.29 is 8.42 Å². The first-order chi connectivity index (χ1) is 8.44. The number of hydrogen-bond donors (Lipinski definition) is 1. The first kappa shape index (κ1) is 15.4. The zero-order chi connectivity index (χ0) is 13.6. The van der Waals surface area contributed by atoms with Crippen molar-refractivity contribution in [3.8, 4) is 0 Å². The second-order valence-corrected chi connectivity index (χ2v) is 6.92. The van der Waals surface area contributed by atoms with E-state index in [4.69, 9.17) is 11.6 Å². The van der Waals surface area contributed by atoms with Crippen molar-refractivity contribution in [2.24, 2.45) is 0 Å². The van der Waals surface area contributed by atoms with Gasteiger partial charge in [-0.25, -0.2) is 8.42 Å². The van der Waals surface area contributed by atoms with Gasteiger partial charge < -0.3 is 5.32 Å². The van der Waals surface area contributed by atoms with Gasteiger partial charge in [0.05, 0.1) is 16.8 Å². The molecule has 0 aliphatic heterocycles. The van der Waals surface area contributed by atoms with Gasteiger partial charge in [-0.2, -0.15) is 0 Å². The van der Waals surface area contributed by atoms with E-state index in [9.17, 15) is 8.42 Å². The molecule has 0 amide bonds. The highest BCUT2D eigenvalue weighted by Gasteiger charge is 2.15. The lowest BCUT2D eigenvalue weighted by molar-refractivity contribution is 0.496. The van der Waals surface area contributed by atoms with Gasteiger partial charge in [0.15, 0.2) is 0 Å². The van der Waals surface area contributed by atoms with E-state index in [-0.39, 0.29) is 11.8 Å². The van der Waals surface area contributed by atoms with Crippen molar-refractivity contribution in [1.29, 1.82) is 0 Å². The van der Waals surface area contributed by atoms with E-state index < -0.39 is 9.84 Å². The van der Waals surface area contributed by atoms with Crippen LogP contribution in [0.5, 0.6) is 0 Å². The Morgan fingerprint density at radius 3 is 2.78 bits per heavy atom. The van der Waals surface area contributed by atoms with Crippen LogP contribution in [0.1, 0.15) is 31.5 Å². The molecule has 0 aliphatic rings. The van der Waals surface area contributed by atoms with Gasteiger partial charge in [0, 0.05) is 18.2 Å². The lowest BCUT2D eigenvalue weighted by Crippen LogP contribution is -2.23. The first-order valence-corrected chi connectivity index (χ1v) is 8.39. The number of nitrogens with zero attached hydrogens (tertiary/aromatic N) is 1. The van der Waals surface area contributed by atoms with Crippen molar-refractivity contribution in [2.75, 3.05) is 18.6 Å². The minimum atomic E-state index is -2.91. The summed E-state index contributed by atoms with van der Waals surface area (Å²) in [4.78, 5) is 4.27. The van der Waals surface area contributed by atoms with Crippen LogP contribution in [0.4, 0.5) is 0 Å². The highest BCUT2D eigenvalue weighted by Crippen LogP contribution is 2.23. The molecule has 1 atom stereocenters. The van der Waals surface area contributed by atoms with Gasteiger partial charge in [-0.15, -0.1) is 0 Å². The van der Waals surface area contributed by atoms with Crippen LogP contribution in [0, 0.1) is 0 Å². The summed E-state index contributed by atoms with van der Waals surface area (Å²) < 4.78 is 22.2. The third-order valence-electron chi connectivity index (χ3n) is 2.58. The van der Waals surface area contributed by atoms with Gasteiger partial charge in [-0.3, -0.25) is 4.98 Å². The lowest BCUT2D eigenvalue weighted by Gasteiger charge is -2.18. The minimum absolute atomic E-state index is 0.00505. The highest BCUT2D eigenvalue weighted by atomic mass is 35.5. The van der Waals surface area contributed by atoms with Gasteiger partial charge >= 0.3 is 0 Å². The van der Waals surface area contributed by atoms with Crippen LogP contribution < -0.4 is 5.32 Å². The van der Waals surface area contributed by atoms with Gasteiger partial charge in [-0.1, -0.05) is 18.5 Å². The van der Waals surface area contributed by atoms with E-state index in [1.165, 1.54) is 6.26 Å². The number of sulfone groups is 1. The third kappa shape index (κ3) is 5.33. The van der Waals surface area contributed by atoms with Crippen molar-refractivity contribution >= 4 is 21.4 Å². The molecule has 0 aliphatic carbocycles. The van der Waals surface area contributed by atoms with Crippen molar-refractivity contribution in [3.05, 3.63) is 29.0 Å². The van der Waals surface area contributed by atoms with Crippen LogP contribution in [0.2, 0.25) is 5.02 Å². The summed E-state index contributed by atoms with van der Waals surface area (Å²) in [6.45, 7) is 2.79. The zero-order valence-electron chi connectivity index (χ0n) is 10.7. The Bertz CT molecular complexity index is 477. The summed E-state index contributed by atoms with van der Waals surface area (Å²) >= 11 is 6.10. The second kappa shape index (κ2) is 7.07. The zero-order valence-corrected chi connectivity index (χ0v) is 12.3. The molecular formula is C12H19ClN2O2S. The third-order valence-corrected chi connectivity index (χ3v) is 3.93. The fraction of sp³-hybridized carbons (Fsp3) is 0.583. The van der Waals surface area contributed by atoms with Crippen molar-refractivity contribution in [2.45, 2.75) is 25.8 Å². The van der Waals surface area contributed by atoms with Crippen molar-refractivity contribution in [3.63, 3.8) is 0 Å². The maximum Gasteiger partial charge on any atom is 0.147 e. The predicted octanol–water partition coefficient (Wildman–Crippen LogP) is 2.21. The van der Waals surface area contributed by atoms with Crippen LogP contribution in [-0.2, 0) is 9.84 Å². The number of nitrogens with one attached hydrogen (secondary N) is 1. The molecule has 1 aromatic rings. The smallest absolute Gasteiger partial charge is 0.147 e. The summed E-state index contributed by atoms with van der Waals surface area (Å²) in [5.41, 5.74) is 0.787. The van der Waals surface area contributed by atoms with E-state index in [2.05, 4.69) is 10.3 Å². The summed E-state index contributed by atoms with van der Waals surface area (Å²) in [6, 6.07) is 3.58. The quantitative estimate of drug-likeness (QED) is 0.836. The predicted molar refractivity (Wildman–Crippen MR) is 74.6 cm³/mol. The van der Waals surface area contributed by atoms with Crippen LogP contribution in [0.15, 0.2) is 18.3 Å². The van der Waals surface area contributed by atoms with Gasteiger partial charge in [-0.05, 0) is 31.5 Å². The molecule has 18 heavy (non-hydrogen) atoms. The molecule has 0 spiro atoms. The molecule has 102 valence electrons. The van der Waals surface area contributed by atoms with Crippen LogP contribution in [0.25, 0.3) is 0 Å². The molecule has 0 saturated heterocycles. The number of halogens is 1. The monoisotopic (exact) mass is 290 g/mol. The fourth-order valence-electron chi connectivity index (χ4n) is 1.79. The topological polar surface area (TPSA) is 59.1 Å². The Morgan fingerprint density at radius 1 is 1.50 bits per heavy atom. The largest absolute Gasteiger partial charge is 0.309 e. The molecule has 0 bridgehead atoms. The lowest BCUT2D eigenvalue weighted by atomic mass is 10.1. The average molecular weight is 291 g/mol. The molecule has 0 fully saturated rings. The van der Waals surface area contributed by atoms with Crippen LogP contribution >= 0.6 is 11.6 Å². The first-order valence-electron chi connectivity index (χ1n) is 5.95. The Balaban J connectivity index is 2.69. The SMILES string of the molecule is CCNC(CCCS(C)(=O)=O)c1ncccc1Cl. The summed E-state index contributed by atoms with van der Waals surface area (Å²) in [5.74, 6) is 0.194. The summed E-state index contributed by atoms with van der Waals surface area (Å²) in [5, 5.41) is 3.90. The maximum absolute atomic E-state index is 11.1. The molecular weight excluding hydrogens is 272 g/mol. The van der Waals surface area contributed by atoms with Gasteiger partial charge in [0.25, 0.3) is 0 Å². The molecule has 1 N–H and O–H groups in total. The van der Waals surface area contributed by atoms with Crippen LogP contribution in [-0.4, -0.2) is 32.0 Å². The Labute approximate surface area is 114 Å². The Kier molecular flexibility index (Phi) is 6.05. The van der Waals surface area contributed by atoms with E-state index in [1.54, 1.807) is 18.3 Å². The molecule has 0 radical (unpaired) electrons. The summed E-state index contributed by atoms with van der Waals surface area (Å²) in [7, 11) is -2.91. The molecule has 1 aromatic heterocycles. The van der Waals surface area contributed by atoms with E-state index in [1.807, 2.05) is 6.92 Å². The van der Waals surface area contributed by atoms with E-state index in [0.29, 0.717) is 17.9 Å². The Morgan fingerprint density at radius 2 is 2.22 bits per heavy atom. The fourth-order valence-corrected chi connectivity index (χ4v) is 2.73. The van der Waals surface area contributed by atoms with Gasteiger partial charge in [0.2, 0.25) is 0 Å². The molecule has 0 saturated carbocycles. The van der Waals surface area contributed by atoms with Gasteiger partial charge in [0.1, 0.15) is 9.84 Å². The number of rotatable bonds is 7. The van der Waals surface area contributed by atoms with E-state index in [0.717, 1.165) is 12.2 Å². The molecule has 0 aromatic carbocycles. The Hall–Kier alpha value is -0.650. The molecule has 1 unspecified atom stereocenters. The molecule has 4 nitrogen and oxygen atoms in total. The number of hydrogen-bond acceptors (Lipinski definition) is 4. The standard InChI is InChI=1S/C12H19ClN2O2S/c1-3-14-11(7-5-9-18(2,16)17)12-10(13)6-4-8-15-12/h4,6,8,11,14H,3,5,7,9H2,1-2H3. The van der Waals surface area contributed by atoms with Crippen molar-refractivity contribution in [1.82, 2.24) is 10.3 Å².